The molecule has 3 rings (SSSR count). The molecule has 0 N–H and O–H groups in total. The van der Waals surface area contributed by atoms with Crippen LogP contribution in [0.25, 0.3) is 0 Å². The Morgan fingerprint density at radius 2 is 2.14 bits per heavy atom. The summed E-state index contributed by atoms with van der Waals surface area (Å²) in [5.41, 5.74) is 0.867. The van der Waals surface area contributed by atoms with Crippen LogP contribution < -0.4 is 4.74 Å². The van der Waals surface area contributed by atoms with Gasteiger partial charge >= 0.3 is 0 Å². The molecule has 7 heteroatoms. The average Bonchev–Trinajstić information content (AvgIpc) is 3.03. The Bertz CT molecular complexity index is 603. The molecule has 116 valence electrons. The zero-order valence-corrected chi connectivity index (χ0v) is 12.6. The predicted octanol–water partition coefficient (Wildman–Crippen LogP) is 1.05. The molecular weight excluding hydrogens is 282 g/mol. The fourth-order valence-electron chi connectivity index (χ4n) is 2.48. The van der Waals surface area contributed by atoms with E-state index in [0.717, 1.165) is 18.5 Å². The molecule has 1 aliphatic rings. The van der Waals surface area contributed by atoms with E-state index in [1.165, 1.54) is 0 Å². The van der Waals surface area contributed by atoms with Gasteiger partial charge in [0.2, 0.25) is 11.8 Å². The second-order valence-corrected chi connectivity index (χ2v) is 5.41. The molecule has 0 aromatic carbocycles. The molecule has 2 aromatic rings. The first kappa shape index (κ1) is 14.5. The SMILES string of the molecule is Cc1ccc(OC2CCN(C(=O)Cn3cccn3)CC2)nn1. The van der Waals surface area contributed by atoms with E-state index in [9.17, 15) is 4.79 Å². The standard InChI is InChI=1S/C15H19N5O2/c1-12-3-4-14(18-17-12)22-13-5-9-19(10-6-13)15(21)11-20-8-2-7-16-20/h2-4,7-8,13H,5-6,9-11H2,1H3. The van der Waals surface area contributed by atoms with Gasteiger partial charge in [-0.05, 0) is 19.1 Å². The number of piperidine rings is 1. The summed E-state index contributed by atoms with van der Waals surface area (Å²) in [7, 11) is 0. The van der Waals surface area contributed by atoms with Crippen LogP contribution in [0.2, 0.25) is 0 Å². The number of likely N-dealkylation sites (tertiary alicyclic amines) is 1. The lowest BCUT2D eigenvalue weighted by Crippen LogP contribution is -2.43. The summed E-state index contributed by atoms with van der Waals surface area (Å²) in [6.07, 6.45) is 5.17. The molecule has 0 bridgehead atoms. The van der Waals surface area contributed by atoms with Gasteiger partial charge in [0.05, 0.1) is 5.69 Å². The van der Waals surface area contributed by atoms with Crippen LogP contribution in [-0.4, -0.2) is 50.0 Å². The molecule has 1 amide bonds. The van der Waals surface area contributed by atoms with Crippen LogP contribution >= 0.6 is 0 Å². The molecule has 0 aliphatic carbocycles. The average molecular weight is 301 g/mol. The van der Waals surface area contributed by atoms with Gasteiger partial charge < -0.3 is 9.64 Å². The lowest BCUT2D eigenvalue weighted by atomic mass is 10.1. The molecule has 22 heavy (non-hydrogen) atoms. The smallest absolute Gasteiger partial charge is 0.244 e. The van der Waals surface area contributed by atoms with Crippen molar-refractivity contribution in [3.05, 3.63) is 36.3 Å². The minimum Gasteiger partial charge on any atom is -0.473 e. The topological polar surface area (TPSA) is 73.1 Å². The van der Waals surface area contributed by atoms with E-state index < -0.39 is 0 Å². The molecule has 1 saturated heterocycles. The Kier molecular flexibility index (Phi) is 4.32. The van der Waals surface area contributed by atoms with Crippen molar-refractivity contribution in [2.75, 3.05) is 13.1 Å². The molecule has 3 heterocycles. The van der Waals surface area contributed by atoms with Gasteiger partial charge in [-0.3, -0.25) is 9.48 Å². The van der Waals surface area contributed by atoms with Gasteiger partial charge in [-0.25, -0.2) is 0 Å². The van der Waals surface area contributed by atoms with Gasteiger partial charge in [0, 0.05) is 44.4 Å². The maximum absolute atomic E-state index is 12.2. The van der Waals surface area contributed by atoms with E-state index in [0.29, 0.717) is 25.5 Å². The van der Waals surface area contributed by atoms with Crippen LogP contribution in [0, 0.1) is 6.92 Å². The van der Waals surface area contributed by atoms with Gasteiger partial charge in [0.1, 0.15) is 12.6 Å². The fourth-order valence-corrected chi connectivity index (χ4v) is 2.48. The van der Waals surface area contributed by atoms with Crippen molar-refractivity contribution in [1.29, 1.82) is 0 Å². The zero-order valence-electron chi connectivity index (χ0n) is 12.6. The first-order chi connectivity index (χ1) is 10.7. The Morgan fingerprint density at radius 3 is 2.77 bits per heavy atom. The first-order valence-corrected chi connectivity index (χ1v) is 7.43. The lowest BCUT2D eigenvalue weighted by Gasteiger charge is -2.31. The highest BCUT2D eigenvalue weighted by molar-refractivity contribution is 5.76. The van der Waals surface area contributed by atoms with E-state index in [4.69, 9.17) is 4.74 Å². The maximum Gasteiger partial charge on any atom is 0.244 e. The zero-order chi connectivity index (χ0) is 15.4. The van der Waals surface area contributed by atoms with Crippen LogP contribution in [0.15, 0.2) is 30.6 Å². The summed E-state index contributed by atoms with van der Waals surface area (Å²) in [5, 5.41) is 12.1. The quantitative estimate of drug-likeness (QED) is 0.844. The summed E-state index contributed by atoms with van der Waals surface area (Å²) in [5.74, 6) is 0.643. The number of ether oxygens (including phenoxy) is 1. The normalized spacial score (nSPS) is 15.8. The number of rotatable bonds is 4. The maximum atomic E-state index is 12.2. The van der Waals surface area contributed by atoms with Crippen LogP contribution in [0.3, 0.4) is 0 Å². The fraction of sp³-hybridized carbons (Fsp3) is 0.467. The van der Waals surface area contributed by atoms with Crippen LogP contribution in [0.5, 0.6) is 5.88 Å². The monoisotopic (exact) mass is 301 g/mol. The van der Waals surface area contributed by atoms with Crippen LogP contribution in [0.1, 0.15) is 18.5 Å². The van der Waals surface area contributed by atoms with E-state index >= 15 is 0 Å². The summed E-state index contributed by atoms with van der Waals surface area (Å²) >= 11 is 0. The first-order valence-electron chi connectivity index (χ1n) is 7.43. The largest absolute Gasteiger partial charge is 0.473 e. The van der Waals surface area contributed by atoms with E-state index in [-0.39, 0.29) is 12.0 Å². The Labute approximate surface area is 128 Å². The van der Waals surface area contributed by atoms with Crippen LogP contribution in [-0.2, 0) is 11.3 Å². The number of amides is 1. The van der Waals surface area contributed by atoms with Gasteiger partial charge in [-0.1, -0.05) is 0 Å². The Hall–Kier alpha value is -2.44. The summed E-state index contributed by atoms with van der Waals surface area (Å²) in [6, 6.07) is 5.53. The van der Waals surface area contributed by atoms with Crippen molar-refractivity contribution in [1.82, 2.24) is 24.9 Å². The van der Waals surface area contributed by atoms with Gasteiger partial charge in [-0.15, -0.1) is 5.10 Å². The van der Waals surface area contributed by atoms with Crippen molar-refractivity contribution >= 4 is 5.91 Å². The summed E-state index contributed by atoms with van der Waals surface area (Å²) < 4.78 is 7.46. The number of carbonyl (C=O) groups is 1. The van der Waals surface area contributed by atoms with E-state index in [1.807, 2.05) is 30.0 Å². The van der Waals surface area contributed by atoms with Gasteiger partial charge in [0.25, 0.3) is 0 Å². The Balaban J connectivity index is 1.47. The molecule has 0 radical (unpaired) electrons. The number of nitrogens with zero attached hydrogens (tertiary/aromatic N) is 5. The van der Waals surface area contributed by atoms with Crippen molar-refractivity contribution in [2.45, 2.75) is 32.4 Å². The molecule has 0 saturated carbocycles. The van der Waals surface area contributed by atoms with Gasteiger partial charge in [0.15, 0.2) is 0 Å². The second-order valence-electron chi connectivity index (χ2n) is 5.41. The molecule has 0 unspecified atom stereocenters. The van der Waals surface area contributed by atoms with Crippen molar-refractivity contribution in [2.24, 2.45) is 0 Å². The number of hydrogen-bond donors (Lipinski definition) is 0. The number of carbonyl (C=O) groups excluding carboxylic acids is 1. The summed E-state index contributed by atoms with van der Waals surface area (Å²) in [4.78, 5) is 14.0. The van der Waals surface area contributed by atoms with E-state index in [2.05, 4.69) is 15.3 Å². The highest BCUT2D eigenvalue weighted by Crippen LogP contribution is 2.17. The molecule has 7 nitrogen and oxygen atoms in total. The third kappa shape index (κ3) is 3.60. The minimum atomic E-state index is 0.0887. The summed E-state index contributed by atoms with van der Waals surface area (Å²) in [6.45, 7) is 3.58. The molecule has 0 spiro atoms. The molecular formula is C15H19N5O2. The Morgan fingerprint density at radius 1 is 1.32 bits per heavy atom. The molecule has 1 aliphatic heterocycles. The van der Waals surface area contributed by atoms with Crippen molar-refractivity contribution < 1.29 is 9.53 Å². The van der Waals surface area contributed by atoms with Crippen molar-refractivity contribution in [3.8, 4) is 5.88 Å². The lowest BCUT2D eigenvalue weighted by molar-refractivity contribution is -0.133. The highest BCUT2D eigenvalue weighted by atomic mass is 16.5. The number of hydrogen-bond acceptors (Lipinski definition) is 5. The second kappa shape index (κ2) is 6.55. The number of aromatic nitrogens is 4. The molecule has 2 aromatic heterocycles. The van der Waals surface area contributed by atoms with Crippen LogP contribution in [0.4, 0.5) is 0 Å². The third-order valence-electron chi connectivity index (χ3n) is 3.71. The van der Waals surface area contributed by atoms with Crippen molar-refractivity contribution in [3.63, 3.8) is 0 Å². The molecule has 0 atom stereocenters. The molecule has 1 fully saturated rings. The minimum absolute atomic E-state index is 0.0887. The van der Waals surface area contributed by atoms with Gasteiger partial charge in [-0.2, -0.15) is 10.2 Å². The third-order valence-corrected chi connectivity index (χ3v) is 3.71. The number of aryl methyl sites for hydroxylation is 1. The highest BCUT2D eigenvalue weighted by Gasteiger charge is 2.24. The van der Waals surface area contributed by atoms with E-state index in [1.54, 1.807) is 17.1 Å². The predicted molar refractivity (Wildman–Crippen MR) is 79.2 cm³/mol.